The normalized spacial score (nSPS) is 10.7. The lowest BCUT2D eigenvalue weighted by molar-refractivity contribution is -0.120. The Morgan fingerprint density at radius 2 is 2.17 bits per heavy atom. The Kier molecular flexibility index (Phi) is 6.68. The molecule has 0 radical (unpaired) electrons. The van der Waals surface area contributed by atoms with Crippen molar-refractivity contribution in [1.82, 2.24) is 10.6 Å². The summed E-state index contributed by atoms with van der Waals surface area (Å²) in [6, 6.07) is 5.72. The molecule has 1 aromatic carbocycles. The summed E-state index contributed by atoms with van der Waals surface area (Å²) in [4.78, 5) is 11.5. The second kappa shape index (κ2) is 7.77. The fraction of sp³-hybridized carbons (Fsp3) is 0.462. The first-order chi connectivity index (χ1) is 8.49. The van der Waals surface area contributed by atoms with Crippen LogP contribution in [0.3, 0.4) is 0 Å². The lowest BCUT2D eigenvalue weighted by Gasteiger charge is -2.09. The predicted molar refractivity (Wildman–Crippen MR) is 78.7 cm³/mol. The number of halogens is 2. The molecule has 0 saturated carbocycles. The Labute approximate surface area is 121 Å². The van der Waals surface area contributed by atoms with Crippen molar-refractivity contribution in [2.24, 2.45) is 5.92 Å². The van der Waals surface area contributed by atoms with Crippen molar-refractivity contribution in [3.8, 4) is 0 Å². The minimum absolute atomic E-state index is 0.0247. The van der Waals surface area contributed by atoms with E-state index in [1.54, 1.807) is 0 Å². The summed E-state index contributed by atoms with van der Waals surface area (Å²) in [6.07, 6.45) is 0. The highest BCUT2D eigenvalue weighted by molar-refractivity contribution is 9.10. The van der Waals surface area contributed by atoms with E-state index in [1.165, 1.54) is 0 Å². The molecule has 0 aliphatic carbocycles. The Hall–Kier alpha value is -0.580. The van der Waals surface area contributed by atoms with Crippen LogP contribution in [0.5, 0.6) is 0 Å². The Morgan fingerprint density at radius 1 is 1.44 bits per heavy atom. The Morgan fingerprint density at radius 3 is 2.78 bits per heavy atom. The molecule has 3 nitrogen and oxygen atoms in total. The molecule has 0 fully saturated rings. The molecule has 0 saturated heterocycles. The van der Waals surface area contributed by atoms with Crippen molar-refractivity contribution < 1.29 is 4.79 Å². The van der Waals surface area contributed by atoms with Crippen molar-refractivity contribution in [2.45, 2.75) is 20.4 Å². The number of nitrogens with one attached hydrogen (secondary N) is 2. The second-order valence-electron chi connectivity index (χ2n) is 4.55. The van der Waals surface area contributed by atoms with Gasteiger partial charge >= 0.3 is 0 Å². The maximum Gasteiger partial charge on any atom is 0.233 e. The van der Waals surface area contributed by atoms with Gasteiger partial charge in [-0.15, -0.1) is 0 Å². The summed E-state index contributed by atoms with van der Waals surface area (Å²) in [5, 5.41) is 6.64. The van der Waals surface area contributed by atoms with Crippen LogP contribution in [-0.2, 0) is 11.3 Å². The molecular formula is C13H18BrClN2O. The quantitative estimate of drug-likeness (QED) is 0.840. The van der Waals surface area contributed by atoms with Crippen LogP contribution in [0.2, 0.25) is 5.02 Å². The second-order valence-corrected chi connectivity index (χ2v) is 5.81. The fourth-order valence-electron chi connectivity index (χ4n) is 1.35. The third-order valence-corrected chi connectivity index (χ3v) is 3.52. The van der Waals surface area contributed by atoms with Crippen molar-refractivity contribution >= 4 is 33.4 Å². The number of carbonyl (C=O) groups excluding carboxylic acids is 1. The zero-order chi connectivity index (χ0) is 13.5. The first-order valence-electron chi connectivity index (χ1n) is 5.90. The molecule has 0 atom stereocenters. The van der Waals surface area contributed by atoms with Gasteiger partial charge in [-0.05, 0) is 39.5 Å². The van der Waals surface area contributed by atoms with Crippen molar-refractivity contribution in [2.75, 3.05) is 13.1 Å². The van der Waals surface area contributed by atoms with Gasteiger partial charge in [0, 0.05) is 17.6 Å². The van der Waals surface area contributed by atoms with Gasteiger partial charge in [-0.3, -0.25) is 4.79 Å². The SMILES string of the molecule is CC(C)CNC(=O)CNCc1ccc(Cl)c(Br)c1. The summed E-state index contributed by atoms with van der Waals surface area (Å²) < 4.78 is 0.868. The van der Waals surface area contributed by atoms with E-state index in [9.17, 15) is 4.79 Å². The van der Waals surface area contributed by atoms with Crippen LogP contribution in [0, 0.1) is 5.92 Å². The maximum atomic E-state index is 11.5. The zero-order valence-corrected chi connectivity index (χ0v) is 12.9. The van der Waals surface area contributed by atoms with E-state index in [0.717, 1.165) is 10.0 Å². The monoisotopic (exact) mass is 332 g/mol. The van der Waals surface area contributed by atoms with E-state index >= 15 is 0 Å². The van der Waals surface area contributed by atoms with E-state index in [4.69, 9.17) is 11.6 Å². The van der Waals surface area contributed by atoms with Gasteiger partial charge in [0.15, 0.2) is 0 Å². The van der Waals surface area contributed by atoms with Crippen LogP contribution in [-0.4, -0.2) is 19.0 Å². The van der Waals surface area contributed by atoms with Crippen molar-refractivity contribution in [1.29, 1.82) is 0 Å². The van der Waals surface area contributed by atoms with Crippen LogP contribution in [0.4, 0.5) is 0 Å². The molecule has 1 amide bonds. The number of benzene rings is 1. The van der Waals surface area contributed by atoms with E-state index < -0.39 is 0 Å². The van der Waals surface area contributed by atoms with Gasteiger partial charge in [-0.25, -0.2) is 0 Å². The van der Waals surface area contributed by atoms with Crippen LogP contribution in [0.1, 0.15) is 19.4 Å². The molecule has 0 bridgehead atoms. The summed E-state index contributed by atoms with van der Waals surface area (Å²) in [7, 11) is 0. The number of carbonyl (C=O) groups is 1. The molecule has 5 heteroatoms. The van der Waals surface area contributed by atoms with Crippen molar-refractivity contribution in [3.63, 3.8) is 0 Å². The number of amides is 1. The average molecular weight is 334 g/mol. The van der Waals surface area contributed by atoms with Gasteiger partial charge in [0.2, 0.25) is 5.91 Å². The maximum absolute atomic E-state index is 11.5. The number of rotatable bonds is 6. The third kappa shape index (κ3) is 5.85. The first-order valence-corrected chi connectivity index (χ1v) is 7.07. The lowest BCUT2D eigenvalue weighted by Crippen LogP contribution is -2.35. The smallest absolute Gasteiger partial charge is 0.233 e. The number of hydrogen-bond donors (Lipinski definition) is 2. The summed E-state index contributed by atoms with van der Waals surface area (Å²) in [5.74, 6) is 0.498. The molecule has 18 heavy (non-hydrogen) atoms. The van der Waals surface area contributed by atoms with E-state index in [1.807, 2.05) is 18.2 Å². The van der Waals surface area contributed by atoms with Crippen molar-refractivity contribution in [3.05, 3.63) is 33.3 Å². The lowest BCUT2D eigenvalue weighted by atomic mass is 10.2. The highest BCUT2D eigenvalue weighted by Crippen LogP contribution is 2.22. The van der Waals surface area contributed by atoms with Crippen LogP contribution in [0.15, 0.2) is 22.7 Å². The number of hydrogen-bond acceptors (Lipinski definition) is 2. The van der Waals surface area contributed by atoms with E-state index in [2.05, 4.69) is 40.4 Å². The molecular weight excluding hydrogens is 316 g/mol. The standard InChI is InChI=1S/C13H18BrClN2O/c1-9(2)6-17-13(18)8-16-7-10-3-4-12(15)11(14)5-10/h3-5,9,16H,6-8H2,1-2H3,(H,17,18). The van der Waals surface area contributed by atoms with Crippen LogP contribution >= 0.6 is 27.5 Å². The van der Waals surface area contributed by atoms with Gasteiger partial charge < -0.3 is 10.6 Å². The topological polar surface area (TPSA) is 41.1 Å². The minimum Gasteiger partial charge on any atom is -0.355 e. The predicted octanol–water partition coefficient (Wildman–Crippen LogP) is 2.96. The molecule has 0 unspecified atom stereocenters. The van der Waals surface area contributed by atoms with Crippen LogP contribution < -0.4 is 10.6 Å². The average Bonchev–Trinajstić information content (AvgIpc) is 2.31. The van der Waals surface area contributed by atoms with Gasteiger partial charge in [-0.2, -0.15) is 0 Å². The Bertz CT molecular complexity index is 410. The molecule has 0 spiro atoms. The largest absolute Gasteiger partial charge is 0.355 e. The molecule has 1 aromatic rings. The van der Waals surface area contributed by atoms with Gasteiger partial charge in [-0.1, -0.05) is 31.5 Å². The van der Waals surface area contributed by atoms with E-state index in [0.29, 0.717) is 30.6 Å². The summed E-state index contributed by atoms with van der Waals surface area (Å²) in [6.45, 7) is 5.82. The molecule has 0 aliphatic rings. The van der Waals surface area contributed by atoms with Gasteiger partial charge in [0.1, 0.15) is 0 Å². The van der Waals surface area contributed by atoms with Gasteiger partial charge in [0.25, 0.3) is 0 Å². The molecule has 2 N–H and O–H groups in total. The highest BCUT2D eigenvalue weighted by atomic mass is 79.9. The molecule has 0 aromatic heterocycles. The summed E-state index contributed by atoms with van der Waals surface area (Å²) in [5.41, 5.74) is 1.09. The fourth-order valence-corrected chi connectivity index (χ4v) is 1.89. The molecule has 1 rings (SSSR count). The minimum atomic E-state index is 0.0247. The molecule has 0 heterocycles. The third-order valence-electron chi connectivity index (χ3n) is 2.31. The highest BCUT2D eigenvalue weighted by Gasteiger charge is 2.03. The first kappa shape index (κ1) is 15.5. The Balaban J connectivity index is 2.28. The van der Waals surface area contributed by atoms with E-state index in [-0.39, 0.29) is 5.91 Å². The molecule has 100 valence electrons. The summed E-state index contributed by atoms with van der Waals surface area (Å²) >= 11 is 9.27. The van der Waals surface area contributed by atoms with Gasteiger partial charge in [0.05, 0.1) is 11.6 Å². The zero-order valence-electron chi connectivity index (χ0n) is 10.6. The van der Waals surface area contributed by atoms with Crippen LogP contribution in [0.25, 0.3) is 0 Å². The molecule has 0 aliphatic heterocycles.